The maximum Gasteiger partial charge on any atom is 0.243 e. The second-order valence-electron chi connectivity index (χ2n) is 6.40. The molecule has 24 heavy (non-hydrogen) atoms. The SMILES string of the molecule is C=CC(=O)N[C@H]1C[C@@H](O)CN(c2c(F)ccc3[nH]c(C)c(C)c23)C1. The lowest BCUT2D eigenvalue weighted by Crippen LogP contribution is -2.52. The number of anilines is 1. The summed E-state index contributed by atoms with van der Waals surface area (Å²) in [4.78, 5) is 16.6. The van der Waals surface area contributed by atoms with Crippen molar-refractivity contribution in [1.29, 1.82) is 0 Å². The summed E-state index contributed by atoms with van der Waals surface area (Å²) in [6, 6.07) is 2.91. The van der Waals surface area contributed by atoms with Gasteiger partial charge in [-0.25, -0.2) is 4.39 Å². The normalized spacial score (nSPS) is 21.1. The molecule has 3 N–H and O–H groups in total. The first kappa shape index (κ1) is 16.5. The third kappa shape index (κ3) is 2.89. The summed E-state index contributed by atoms with van der Waals surface area (Å²) in [7, 11) is 0. The highest BCUT2D eigenvalue weighted by molar-refractivity contribution is 5.96. The fraction of sp³-hybridized carbons (Fsp3) is 0.389. The molecule has 1 aliphatic rings. The quantitative estimate of drug-likeness (QED) is 0.755. The molecule has 0 aliphatic carbocycles. The van der Waals surface area contributed by atoms with Crippen LogP contribution in [0.25, 0.3) is 10.9 Å². The molecule has 0 radical (unpaired) electrons. The zero-order valence-electron chi connectivity index (χ0n) is 13.9. The van der Waals surface area contributed by atoms with Gasteiger partial charge < -0.3 is 20.3 Å². The molecule has 0 unspecified atom stereocenters. The Morgan fingerprint density at radius 3 is 2.92 bits per heavy atom. The first-order valence-corrected chi connectivity index (χ1v) is 8.04. The Morgan fingerprint density at radius 2 is 2.21 bits per heavy atom. The van der Waals surface area contributed by atoms with Crippen molar-refractivity contribution >= 4 is 22.5 Å². The van der Waals surface area contributed by atoms with Crippen molar-refractivity contribution in [3.8, 4) is 0 Å². The number of nitrogens with one attached hydrogen (secondary N) is 2. The van der Waals surface area contributed by atoms with Crippen molar-refractivity contribution < 1.29 is 14.3 Å². The number of hydrogen-bond acceptors (Lipinski definition) is 3. The molecule has 1 saturated heterocycles. The summed E-state index contributed by atoms with van der Waals surface area (Å²) in [5.74, 6) is -0.617. The molecule has 128 valence electrons. The molecule has 1 fully saturated rings. The average Bonchev–Trinajstić information content (AvgIpc) is 2.82. The Bertz CT molecular complexity index is 799. The van der Waals surface area contributed by atoms with E-state index in [2.05, 4.69) is 16.9 Å². The maximum atomic E-state index is 14.6. The first-order valence-electron chi connectivity index (χ1n) is 8.04. The number of aryl methyl sites for hydroxylation is 2. The second kappa shape index (κ2) is 6.28. The van der Waals surface area contributed by atoms with Crippen molar-refractivity contribution in [3.05, 3.63) is 41.9 Å². The number of amides is 1. The molecule has 0 spiro atoms. The lowest BCUT2D eigenvalue weighted by Gasteiger charge is -2.37. The smallest absolute Gasteiger partial charge is 0.243 e. The Morgan fingerprint density at radius 1 is 1.46 bits per heavy atom. The number of halogens is 1. The van der Waals surface area contributed by atoms with Gasteiger partial charge in [0, 0.05) is 35.7 Å². The predicted octanol–water partition coefficient (Wildman–Crippen LogP) is 2.17. The van der Waals surface area contributed by atoms with Gasteiger partial charge in [0.15, 0.2) is 0 Å². The Balaban J connectivity index is 2.01. The van der Waals surface area contributed by atoms with E-state index in [0.717, 1.165) is 22.2 Å². The predicted molar refractivity (Wildman–Crippen MR) is 92.7 cm³/mol. The van der Waals surface area contributed by atoms with Crippen LogP contribution in [0.1, 0.15) is 17.7 Å². The number of benzene rings is 1. The van der Waals surface area contributed by atoms with E-state index in [1.807, 2.05) is 18.7 Å². The number of rotatable bonds is 3. The number of aliphatic hydroxyl groups excluding tert-OH is 1. The molecular weight excluding hydrogens is 309 g/mol. The molecule has 2 heterocycles. The van der Waals surface area contributed by atoms with Crippen LogP contribution in [0.4, 0.5) is 10.1 Å². The fourth-order valence-electron chi connectivity index (χ4n) is 3.46. The van der Waals surface area contributed by atoms with Crippen LogP contribution in [0.2, 0.25) is 0 Å². The van der Waals surface area contributed by atoms with Crippen LogP contribution in [0.5, 0.6) is 0 Å². The first-order chi connectivity index (χ1) is 11.4. The zero-order valence-corrected chi connectivity index (χ0v) is 13.9. The summed E-state index contributed by atoms with van der Waals surface area (Å²) in [5.41, 5.74) is 3.33. The van der Waals surface area contributed by atoms with Gasteiger partial charge in [0.2, 0.25) is 5.91 Å². The minimum atomic E-state index is -0.635. The van der Waals surface area contributed by atoms with E-state index >= 15 is 0 Å². The van der Waals surface area contributed by atoms with Crippen LogP contribution in [0, 0.1) is 19.7 Å². The maximum absolute atomic E-state index is 14.6. The van der Waals surface area contributed by atoms with Crippen LogP contribution in [0.3, 0.4) is 0 Å². The third-order valence-electron chi connectivity index (χ3n) is 4.66. The van der Waals surface area contributed by atoms with Gasteiger partial charge in [-0.15, -0.1) is 0 Å². The Labute approximate surface area is 140 Å². The minimum Gasteiger partial charge on any atom is -0.391 e. The number of nitrogens with zero attached hydrogens (tertiary/aromatic N) is 1. The molecule has 1 aromatic heterocycles. The molecule has 0 bridgehead atoms. The number of piperidine rings is 1. The second-order valence-corrected chi connectivity index (χ2v) is 6.40. The molecule has 3 rings (SSSR count). The number of fused-ring (bicyclic) bond motifs is 1. The standard InChI is InChI=1S/C18H22FN3O2/c1-4-16(24)21-12-7-13(23)9-22(8-12)18-14(19)5-6-15-17(18)10(2)11(3)20-15/h4-6,12-13,20,23H,1,7-9H2,2-3H3,(H,21,24)/t12-,13+/m0/s1. The van der Waals surface area contributed by atoms with E-state index < -0.39 is 6.10 Å². The van der Waals surface area contributed by atoms with Crippen molar-refractivity contribution in [2.75, 3.05) is 18.0 Å². The molecule has 2 aromatic rings. The number of aromatic nitrogens is 1. The number of aliphatic hydroxyl groups is 1. The zero-order chi connectivity index (χ0) is 17.4. The van der Waals surface area contributed by atoms with Gasteiger partial charge in [-0.3, -0.25) is 4.79 Å². The van der Waals surface area contributed by atoms with E-state index in [9.17, 15) is 14.3 Å². The summed E-state index contributed by atoms with van der Waals surface area (Å²) < 4.78 is 14.6. The van der Waals surface area contributed by atoms with E-state index in [4.69, 9.17) is 0 Å². The van der Waals surface area contributed by atoms with E-state index in [1.54, 1.807) is 6.07 Å². The number of aromatic amines is 1. The van der Waals surface area contributed by atoms with Crippen molar-refractivity contribution in [1.82, 2.24) is 10.3 Å². The number of hydrogen-bond donors (Lipinski definition) is 3. The van der Waals surface area contributed by atoms with Crippen molar-refractivity contribution in [2.45, 2.75) is 32.4 Å². The van der Waals surface area contributed by atoms with Crippen LogP contribution in [-0.2, 0) is 4.79 Å². The van der Waals surface area contributed by atoms with Crippen LogP contribution in [0.15, 0.2) is 24.8 Å². The van der Waals surface area contributed by atoms with Gasteiger partial charge >= 0.3 is 0 Å². The Hall–Kier alpha value is -2.34. The highest BCUT2D eigenvalue weighted by atomic mass is 19.1. The van der Waals surface area contributed by atoms with Gasteiger partial charge in [0.25, 0.3) is 0 Å². The minimum absolute atomic E-state index is 0.255. The topological polar surface area (TPSA) is 68.4 Å². The van der Waals surface area contributed by atoms with Crippen LogP contribution >= 0.6 is 0 Å². The Kier molecular flexibility index (Phi) is 4.32. The number of carbonyl (C=O) groups is 1. The lowest BCUT2D eigenvalue weighted by molar-refractivity contribution is -0.117. The molecular formula is C18H22FN3O2. The molecule has 5 nitrogen and oxygen atoms in total. The third-order valence-corrected chi connectivity index (χ3v) is 4.66. The van der Waals surface area contributed by atoms with E-state index in [1.165, 1.54) is 12.1 Å². The highest BCUT2D eigenvalue weighted by Gasteiger charge is 2.30. The van der Waals surface area contributed by atoms with E-state index in [0.29, 0.717) is 25.2 Å². The summed E-state index contributed by atoms with van der Waals surface area (Å²) >= 11 is 0. The average molecular weight is 331 g/mol. The highest BCUT2D eigenvalue weighted by Crippen LogP contribution is 2.35. The number of H-pyrrole nitrogens is 1. The van der Waals surface area contributed by atoms with Crippen molar-refractivity contribution in [2.24, 2.45) is 0 Å². The summed E-state index contributed by atoms with van der Waals surface area (Å²) in [6.45, 7) is 8.12. The number of carbonyl (C=O) groups excluding carboxylic acids is 1. The molecule has 1 amide bonds. The van der Waals surface area contributed by atoms with Crippen LogP contribution < -0.4 is 10.2 Å². The summed E-state index contributed by atoms with van der Waals surface area (Å²) in [6.07, 6.45) is 1.01. The fourth-order valence-corrected chi connectivity index (χ4v) is 3.46. The van der Waals surface area contributed by atoms with E-state index in [-0.39, 0.29) is 17.8 Å². The monoisotopic (exact) mass is 331 g/mol. The lowest BCUT2D eigenvalue weighted by atomic mass is 10.0. The van der Waals surface area contributed by atoms with Gasteiger partial charge in [-0.1, -0.05) is 6.58 Å². The van der Waals surface area contributed by atoms with Crippen LogP contribution in [-0.4, -0.2) is 41.2 Å². The molecule has 6 heteroatoms. The molecule has 2 atom stereocenters. The molecule has 1 aliphatic heterocycles. The van der Waals surface area contributed by atoms with Gasteiger partial charge in [0.05, 0.1) is 11.8 Å². The van der Waals surface area contributed by atoms with Gasteiger partial charge in [-0.2, -0.15) is 0 Å². The van der Waals surface area contributed by atoms with Gasteiger partial charge in [-0.05, 0) is 44.0 Å². The molecule has 1 aromatic carbocycles. The van der Waals surface area contributed by atoms with Crippen molar-refractivity contribution in [3.63, 3.8) is 0 Å². The largest absolute Gasteiger partial charge is 0.391 e. The molecule has 0 saturated carbocycles. The number of β-amino-alcohol motifs (C(OH)–C–C–N with tert-alkyl or cyclic N) is 1. The summed E-state index contributed by atoms with van der Waals surface area (Å²) in [5, 5.41) is 13.8. The van der Waals surface area contributed by atoms with Gasteiger partial charge in [0.1, 0.15) is 5.82 Å².